The molecule has 2 fully saturated rings. The van der Waals surface area contributed by atoms with Crippen LogP contribution in [0.15, 0.2) is 30.3 Å². The summed E-state index contributed by atoms with van der Waals surface area (Å²) >= 11 is 0. The normalized spacial score (nSPS) is 22.0. The topological polar surface area (TPSA) is 76.2 Å². The predicted octanol–water partition coefficient (Wildman–Crippen LogP) is 3.62. The number of carbonyl (C=O) groups is 3. The van der Waals surface area contributed by atoms with Crippen LogP contribution in [0.1, 0.15) is 52.0 Å². The zero-order valence-electron chi connectivity index (χ0n) is 18.8. The van der Waals surface area contributed by atoms with Crippen molar-refractivity contribution in [3.8, 4) is 0 Å². The highest BCUT2D eigenvalue weighted by Crippen LogP contribution is 2.31. The molecule has 1 aliphatic carbocycles. The van der Waals surface area contributed by atoms with E-state index < -0.39 is 5.60 Å². The molecule has 7 nitrogen and oxygen atoms in total. The lowest BCUT2D eigenvalue weighted by molar-refractivity contribution is -0.152. The van der Waals surface area contributed by atoms with Crippen molar-refractivity contribution in [1.29, 1.82) is 0 Å². The van der Waals surface area contributed by atoms with Gasteiger partial charge >= 0.3 is 12.1 Å². The van der Waals surface area contributed by atoms with Crippen molar-refractivity contribution in [2.75, 3.05) is 26.2 Å². The fourth-order valence-corrected chi connectivity index (χ4v) is 4.12. The number of ether oxygens (including phenoxy) is 2. The van der Waals surface area contributed by atoms with Crippen molar-refractivity contribution in [1.82, 2.24) is 9.80 Å². The molecule has 3 rings (SSSR count). The second kappa shape index (κ2) is 10.2. The molecule has 0 radical (unpaired) electrons. The number of hydrogen-bond acceptors (Lipinski definition) is 5. The van der Waals surface area contributed by atoms with Crippen LogP contribution in [0.2, 0.25) is 0 Å². The van der Waals surface area contributed by atoms with Gasteiger partial charge in [0.05, 0.1) is 5.92 Å². The van der Waals surface area contributed by atoms with Crippen LogP contribution in [-0.4, -0.2) is 59.5 Å². The highest BCUT2D eigenvalue weighted by molar-refractivity contribution is 5.80. The largest absolute Gasteiger partial charge is 0.461 e. The molecule has 7 heteroatoms. The van der Waals surface area contributed by atoms with E-state index in [0.717, 1.165) is 5.56 Å². The number of rotatable bonds is 4. The van der Waals surface area contributed by atoms with Gasteiger partial charge < -0.3 is 19.3 Å². The minimum Gasteiger partial charge on any atom is -0.461 e. The van der Waals surface area contributed by atoms with E-state index in [9.17, 15) is 14.4 Å². The van der Waals surface area contributed by atoms with E-state index in [1.165, 1.54) is 0 Å². The third-order valence-corrected chi connectivity index (χ3v) is 5.88. The molecule has 1 saturated heterocycles. The molecule has 0 spiro atoms. The second-order valence-electron chi connectivity index (χ2n) is 9.43. The molecule has 170 valence electrons. The number of esters is 1. The first-order chi connectivity index (χ1) is 14.7. The Balaban J connectivity index is 1.39. The highest BCUT2D eigenvalue weighted by atomic mass is 16.6. The summed E-state index contributed by atoms with van der Waals surface area (Å²) in [6, 6.07) is 9.65. The SMILES string of the molecule is CC(C)(C)OC(=O)N1CCN(C(=O)C2CCC(C(=O)OCc3ccccc3)CC2)CC1. The Bertz CT molecular complexity index is 758. The van der Waals surface area contributed by atoms with Crippen LogP contribution < -0.4 is 0 Å². The Morgan fingerprint density at radius 2 is 1.42 bits per heavy atom. The summed E-state index contributed by atoms with van der Waals surface area (Å²) in [6.45, 7) is 7.85. The monoisotopic (exact) mass is 430 g/mol. The predicted molar refractivity (Wildman–Crippen MR) is 116 cm³/mol. The molecule has 2 amide bonds. The lowest BCUT2D eigenvalue weighted by atomic mass is 9.81. The van der Waals surface area contributed by atoms with Crippen LogP contribution in [-0.2, 0) is 25.7 Å². The Labute approximate surface area is 184 Å². The molecule has 1 heterocycles. The van der Waals surface area contributed by atoms with E-state index in [1.807, 2.05) is 56.0 Å². The van der Waals surface area contributed by atoms with Crippen molar-refractivity contribution in [3.63, 3.8) is 0 Å². The summed E-state index contributed by atoms with van der Waals surface area (Å²) in [4.78, 5) is 41.0. The standard InChI is InChI=1S/C24H34N2O5/c1-24(2,3)31-23(29)26-15-13-25(14-16-26)21(27)19-9-11-20(12-10-19)22(28)30-17-18-7-5-4-6-8-18/h4-8,19-20H,9-17H2,1-3H3. The zero-order chi connectivity index (χ0) is 22.4. The third kappa shape index (κ3) is 6.71. The van der Waals surface area contributed by atoms with Gasteiger partial charge in [-0.25, -0.2) is 4.79 Å². The van der Waals surface area contributed by atoms with Gasteiger partial charge in [-0.2, -0.15) is 0 Å². The van der Waals surface area contributed by atoms with Crippen LogP contribution in [0, 0.1) is 11.8 Å². The van der Waals surface area contributed by atoms with Gasteiger partial charge in [0.15, 0.2) is 0 Å². The molecule has 1 aromatic carbocycles. The molecule has 0 N–H and O–H groups in total. The van der Waals surface area contributed by atoms with Gasteiger partial charge in [-0.3, -0.25) is 9.59 Å². The van der Waals surface area contributed by atoms with Crippen molar-refractivity contribution < 1.29 is 23.9 Å². The first-order valence-corrected chi connectivity index (χ1v) is 11.2. The summed E-state index contributed by atoms with van der Waals surface area (Å²) in [7, 11) is 0. The molecule has 0 unspecified atom stereocenters. The van der Waals surface area contributed by atoms with Crippen LogP contribution >= 0.6 is 0 Å². The fourth-order valence-electron chi connectivity index (χ4n) is 4.12. The maximum Gasteiger partial charge on any atom is 0.410 e. The molecule has 1 aromatic rings. The minimum atomic E-state index is -0.523. The molecule has 2 aliphatic rings. The van der Waals surface area contributed by atoms with Gasteiger partial charge in [0, 0.05) is 32.1 Å². The maximum absolute atomic E-state index is 12.9. The molecule has 0 bridgehead atoms. The summed E-state index contributed by atoms with van der Waals surface area (Å²) in [5.41, 5.74) is 0.454. The lowest BCUT2D eigenvalue weighted by Gasteiger charge is -2.38. The van der Waals surface area contributed by atoms with E-state index in [0.29, 0.717) is 58.5 Å². The molecule has 1 saturated carbocycles. The summed E-state index contributed by atoms with van der Waals surface area (Å²) in [6.07, 6.45) is 2.45. The zero-order valence-corrected chi connectivity index (χ0v) is 18.8. The van der Waals surface area contributed by atoms with Crippen LogP contribution in [0.4, 0.5) is 4.79 Å². The average Bonchev–Trinajstić information content (AvgIpc) is 2.77. The van der Waals surface area contributed by atoms with Crippen LogP contribution in [0.3, 0.4) is 0 Å². The Hall–Kier alpha value is -2.57. The molecular formula is C24H34N2O5. The number of amides is 2. The van der Waals surface area contributed by atoms with Gasteiger partial charge in [0.25, 0.3) is 0 Å². The van der Waals surface area contributed by atoms with Gasteiger partial charge in [-0.15, -0.1) is 0 Å². The van der Waals surface area contributed by atoms with E-state index in [4.69, 9.17) is 9.47 Å². The fraction of sp³-hybridized carbons (Fsp3) is 0.625. The molecule has 31 heavy (non-hydrogen) atoms. The Morgan fingerprint density at radius 3 is 2.00 bits per heavy atom. The minimum absolute atomic E-state index is 0.0498. The quantitative estimate of drug-likeness (QED) is 0.682. The van der Waals surface area contributed by atoms with E-state index in [-0.39, 0.29) is 29.8 Å². The number of carbonyl (C=O) groups excluding carboxylic acids is 3. The van der Waals surface area contributed by atoms with Crippen molar-refractivity contribution in [2.45, 2.75) is 58.7 Å². The molecule has 0 atom stereocenters. The Morgan fingerprint density at radius 1 is 0.871 bits per heavy atom. The van der Waals surface area contributed by atoms with Crippen molar-refractivity contribution in [3.05, 3.63) is 35.9 Å². The van der Waals surface area contributed by atoms with Crippen molar-refractivity contribution >= 4 is 18.0 Å². The summed E-state index contributed by atoms with van der Waals surface area (Å²) < 4.78 is 10.9. The van der Waals surface area contributed by atoms with Crippen LogP contribution in [0.25, 0.3) is 0 Å². The van der Waals surface area contributed by atoms with E-state index >= 15 is 0 Å². The smallest absolute Gasteiger partial charge is 0.410 e. The van der Waals surface area contributed by atoms with Crippen LogP contribution in [0.5, 0.6) is 0 Å². The van der Waals surface area contributed by atoms with E-state index in [2.05, 4.69) is 0 Å². The first-order valence-electron chi connectivity index (χ1n) is 11.2. The van der Waals surface area contributed by atoms with Crippen molar-refractivity contribution in [2.24, 2.45) is 11.8 Å². The van der Waals surface area contributed by atoms with Gasteiger partial charge in [0.2, 0.25) is 5.91 Å². The average molecular weight is 431 g/mol. The van der Waals surface area contributed by atoms with E-state index in [1.54, 1.807) is 4.90 Å². The highest BCUT2D eigenvalue weighted by Gasteiger charge is 2.35. The van der Waals surface area contributed by atoms with Gasteiger partial charge in [-0.05, 0) is 52.0 Å². The Kier molecular flexibility index (Phi) is 7.57. The molecule has 0 aromatic heterocycles. The second-order valence-corrected chi connectivity index (χ2v) is 9.43. The molecule has 1 aliphatic heterocycles. The number of benzene rings is 1. The maximum atomic E-state index is 12.9. The summed E-state index contributed by atoms with van der Waals surface area (Å²) in [5.74, 6) is -0.205. The molecular weight excluding hydrogens is 396 g/mol. The van der Waals surface area contributed by atoms with Gasteiger partial charge in [0.1, 0.15) is 12.2 Å². The number of hydrogen-bond donors (Lipinski definition) is 0. The lowest BCUT2D eigenvalue weighted by Crippen LogP contribution is -2.53. The summed E-state index contributed by atoms with van der Waals surface area (Å²) in [5, 5.41) is 0. The number of nitrogens with zero attached hydrogens (tertiary/aromatic N) is 2. The third-order valence-electron chi connectivity index (χ3n) is 5.88. The van der Waals surface area contributed by atoms with Gasteiger partial charge in [-0.1, -0.05) is 30.3 Å². The first kappa shape index (κ1) is 23.1. The number of piperazine rings is 1.